The van der Waals surface area contributed by atoms with Gasteiger partial charge in [0.2, 0.25) is 0 Å². The first kappa shape index (κ1) is 21.0. The Labute approximate surface area is 182 Å². The van der Waals surface area contributed by atoms with Crippen molar-refractivity contribution >= 4 is 17.0 Å². The first-order valence-corrected chi connectivity index (χ1v) is 10.7. The van der Waals surface area contributed by atoms with Gasteiger partial charge in [-0.15, -0.1) is 0 Å². The third kappa shape index (κ3) is 4.57. The topological polar surface area (TPSA) is 59.7 Å². The van der Waals surface area contributed by atoms with E-state index in [0.29, 0.717) is 41.1 Å². The molecule has 4 rings (SSSR count). The van der Waals surface area contributed by atoms with Crippen LogP contribution in [0.3, 0.4) is 0 Å². The Morgan fingerprint density at radius 3 is 2.90 bits per heavy atom. The smallest absolute Gasteiger partial charge is 0.194 e. The molecule has 1 aromatic heterocycles. The van der Waals surface area contributed by atoms with Gasteiger partial charge < -0.3 is 14.3 Å². The van der Waals surface area contributed by atoms with Crippen molar-refractivity contribution in [3.8, 4) is 17.6 Å². The Morgan fingerprint density at radius 1 is 1.23 bits per heavy atom. The third-order valence-electron chi connectivity index (χ3n) is 5.40. The lowest BCUT2D eigenvalue weighted by Gasteiger charge is -2.16. The van der Waals surface area contributed by atoms with Crippen LogP contribution in [0.1, 0.15) is 60.6 Å². The van der Waals surface area contributed by atoms with Gasteiger partial charge >= 0.3 is 0 Å². The van der Waals surface area contributed by atoms with Gasteiger partial charge in [0.15, 0.2) is 5.43 Å². The van der Waals surface area contributed by atoms with E-state index >= 15 is 0 Å². The number of aryl methyl sites for hydroxylation is 1. The molecule has 0 radical (unpaired) electrons. The number of fused-ring (bicyclic) bond motifs is 2. The van der Waals surface area contributed by atoms with Crippen LogP contribution in [0, 0.1) is 11.8 Å². The Morgan fingerprint density at radius 2 is 2.10 bits per heavy atom. The second-order valence-corrected chi connectivity index (χ2v) is 8.01. The van der Waals surface area contributed by atoms with Gasteiger partial charge in [0, 0.05) is 30.0 Å². The molecule has 158 valence electrons. The summed E-state index contributed by atoms with van der Waals surface area (Å²) in [7, 11) is 0. The minimum Gasteiger partial charge on any atom is -0.489 e. The van der Waals surface area contributed by atoms with Gasteiger partial charge in [-0.05, 0) is 35.6 Å². The first-order chi connectivity index (χ1) is 15.1. The molecule has 1 N–H and O–H groups in total. The summed E-state index contributed by atoms with van der Waals surface area (Å²) in [6.07, 6.45) is 6.80. The van der Waals surface area contributed by atoms with Crippen molar-refractivity contribution in [2.45, 2.75) is 45.6 Å². The van der Waals surface area contributed by atoms with E-state index in [1.54, 1.807) is 12.1 Å². The Kier molecular flexibility index (Phi) is 6.25. The minimum atomic E-state index is -0.118. The quantitative estimate of drug-likeness (QED) is 0.584. The lowest BCUT2D eigenvalue weighted by molar-refractivity contribution is 0.305. The van der Waals surface area contributed by atoms with Crippen LogP contribution < -0.4 is 10.2 Å². The van der Waals surface area contributed by atoms with Crippen LogP contribution >= 0.6 is 0 Å². The molecule has 1 heterocycles. The van der Waals surface area contributed by atoms with Crippen molar-refractivity contribution in [2.75, 3.05) is 6.61 Å². The predicted octanol–water partition coefficient (Wildman–Crippen LogP) is 5.19. The number of rotatable bonds is 5. The van der Waals surface area contributed by atoms with Crippen molar-refractivity contribution < 1.29 is 14.3 Å². The molecule has 31 heavy (non-hydrogen) atoms. The van der Waals surface area contributed by atoms with E-state index in [4.69, 9.17) is 14.3 Å². The summed E-state index contributed by atoms with van der Waals surface area (Å²) in [5.74, 6) is 7.23. The molecule has 1 aliphatic rings. The molecule has 1 aliphatic carbocycles. The van der Waals surface area contributed by atoms with Crippen LogP contribution in [0.25, 0.3) is 17.0 Å². The maximum Gasteiger partial charge on any atom is 0.194 e. The molecule has 0 unspecified atom stereocenters. The van der Waals surface area contributed by atoms with Gasteiger partial charge in [-0.25, -0.2) is 0 Å². The largest absolute Gasteiger partial charge is 0.489 e. The summed E-state index contributed by atoms with van der Waals surface area (Å²) < 4.78 is 12.2. The van der Waals surface area contributed by atoms with Crippen LogP contribution in [-0.2, 0) is 13.0 Å². The summed E-state index contributed by atoms with van der Waals surface area (Å²) in [6.45, 7) is 4.35. The van der Waals surface area contributed by atoms with E-state index in [0.717, 1.165) is 18.4 Å². The zero-order valence-electron chi connectivity index (χ0n) is 17.9. The van der Waals surface area contributed by atoms with Gasteiger partial charge in [-0.3, -0.25) is 4.79 Å². The van der Waals surface area contributed by atoms with Crippen LogP contribution in [-0.4, -0.2) is 11.7 Å². The highest BCUT2D eigenvalue weighted by atomic mass is 16.5. The van der Waals surface area contributed by atoms with Gasteiger partial charge in [0.1, 0.15) is 23.7 Å². The number of aliphatic hydroxyl groups excluding tert-OH is 1. The molecule has 4 nitrogen and oxygen atoms in total. The fourth-order valence-electron chi connectivity index (χ4n) is 3.79. The lowest BCUT2D eigenvalue weighted by Crippen LogP contribution is -2.06. The maximum atomic E-state index is 12.8. The number of allylic oxidation sites excluding steroid dienone is 1. The van der Waals surface area contributed by atoms with E-state index in [-0.39, 0.29) is 18.0 Å². The van der Waals surface area contributed by atoms with Crippen molar-refractivity contribution in [1.29, 1.82) is 0 Å². The number of hydrogen-bond acceptors (Lipinski definition) is 4. The van der Waals surface area contributed by atoms with E-state index in [9.17, 15) is 4.79 Å². The Hall–Kier alpha value is -3.29. The molecule has 3 aromatic rings. The van der Waals surface area contributed by atoms with Crippen molar-refractivity contribution in [3.05, 3.63) is 80.7 Å². The van der Waals surface area contributed by atoms with E-state index < -0.39 is 0 Å². The molecular weight excluding hydrogens is 388 g/mol. The fourth-order valence-corrected chi connectivity index (χ4v) is 3.79. The summed E-state index contributed by atoms with van der Waals surface area (Å²) in [4.78, 5) is 12.8. The number of hydrogen-bond donors (Lipinski definition) is 1. The van der Waals surface area contributed by atoms with Gasteiger partial charge in [0.25, 0.3) is 0 Å². The van der Waals surface area contributed by atoms with Crippen LogP contribution in [0.2, 0.25) is 0 Å². The first-order valence-electron chi connectivity index (χ1n) is 10.7. The van der Waals surface area contributed by atoms with E-state index in [1.807, 2.05) is 13.8 Å². The third-order valence-corrected chi connectivity index (χ3v) is 5.40. The maximum absolute atomic E-state index is 12.8. The highest BCUT2D eigenvalue weighted by Gasteiger charge is 2.14. The lowest BCUT2D eigenvalue weighted by atomic mass is 9.93. The van der Waals surface area contributed by atoms with E-state index in [1.165, 1.54) is 17.2 Å². The van der Waals surface area contributed by atoms with Crippen molar-refractivity contribution in [2.24, 2.45) is 0 Å². The minimum absolute atomic E-state index is 0.0279. The molecule has 0 spiro atoms. The number of aliphatic hydroxyl groups is 1. The van der Waals surface area contributed by atoms with Crippen molar-refractivity contribution in [1.82, 2.24) is 0 Å². The normalized spacial score (nSPS) is 12.5. The van der Waals surface area contributed by atoms with Crippen LogP contribution in [0.15, 0.2) is 51.7 Å². The van der Waals surface area contributed by atoms with Crippen molar-refractivity contribution in [3.63, 3.8) is 0 Å². The molecule has 0 bridgehead atoms. The summed E-state index contributed by atoms with van der Waals surface area (Å²) in [5.41, 5.74) is 4.60. The second kappa shape index (κ2) is 9.24. The fraction of sp³-hybridized carbons (Fsp3) is 0.296. The highest BCUT2D eigenvalue weighted by molar-refractivity contribution is 5.85. The molecule has 0 saturated carbocycles. The monoisotopic (exact) mass is 414 g/mol. The van der Waals surface area contributed by atoms with Gasteiger partial charge in [-0.2, -0.15) is 0 Å². The molecule has 2 aromatic carbocycles. The van der Waals surface area contributed by atoms with Gasteiger partial charge in [-0.1, -0.05) is 56.0 Å². The standard InChI is InChI=1S/C27H26O4/c1-18(2)25-16-24(29)27-20(9-5-6-13-28)14-22(15-26(27)31-25)30-17-21-11-7-10-19-8-3-4-12-23(19)21/h4,7,10-12,14-16,18,28H,3,6,8,13,17H2,1-2H3. The van der Waals surface area contributed by atoms with E-state index in [2.05, 4.69) is 42.2 Å². The summed E-state index contributed by atoms with van der Waals surface area (Å²) >= 11 is 0. The average molecular weight is 415 g/mol. The predicted molar refractivity (Wildman–Crippen MR) is 123 cm³/mol. The Bertz CT molecular complexity index is 1250. The molecule has 0 atom stereocenters. The molecule has 0 fully saturated rings. The molecular formula is C27H26O4. The number of ether oxygens (including phenoxy) is 1. The average Bonchev–Trinajstić information content (AvgIpc) is 2.77. The van der Waals surface area contributed by atoms with Crippen LogP contribution in [0.5, 0.6) is 5.75 Å². The molecule has 0 saturated heterocycles. The zero-order valence-corrected chi connectivity index (χ0v) is 17.9. The highest BCUT2D eigenvalue weighted by Crippen LogP contribution is 2.28. The number of benzene rings is 2. The zero-order chi connectivity index (χ0) is 21.8. The Balaban J connectivity index is 1.73. The second-order valence-electron chi connectivity index (χ2n) is 8.01. The molecule has 0 amide bonds. The summed E-state index contributed by atoms with van der Waals surface area (Å²) in [6, 6.07) is 11.4. The molecule has 4 heteroatoms. The SMILES string of the molecule is CC(C)c1cc(=O)c2c(C#CCCO)cc(OCc3cccc4c3C=CCC4)cc2o1. The summed E-state index contributed by atoms with van der Waals surface area (Å²) in [5, 5.41) is 9.50. The molecule has 0 aliphatic heterocycles. The van der Waals surface area contributed by atoms with Gasteiger partial charge in [0.05, 0.1) is 12.0 Å². The van der Waals surface area contributed by atoms with Crippen LogP contribution in [0.4, 0.5) is 0 Å².